The highest BCUT2D eigenvalue weighted by Gasteiger charge is 2.44. The molecule has 6 nitrogen and oxygen atoms in total. The first-order chi connectivity index (χ1) is 6.89. The van der Waals surface area contributed by atoms with Gasteiger partial charge in [0, 0.05) is 6.07 Å². The van der Waals surface area contributed by atoms with Gasteiger partial charge in [-0.15, -0.1) is 8.78 Å². The molecule has 0 spiro atoms. The standard InChI is InChI=1S/C7H3F2NO5/c8-7(9)14-5-1-3(10(12)13)4(11)2-6(5)15-7/h1-2,11H. The Kier molecular flexibility index (Phi) is 1.69. The van der Waals surface area contributed by atoms with Gasteiger partial charge in [-0.3, -0.25) is 10.1 Å². The van der Waals surface area contributed by atoms with E-state index in [0.29, 0.717) is 12.1 Å². The van der Waals surface area contributed by atoms with Gasteiger partial charge in [-0.05, 0) is 0 Å². The smallest absolute Gasteiger partial charge is 0.502 e. The Morgan fingerprint density at radius 1 is 1.33 bits per heavy atom. The highest BCUT2D eigenvalue weighted by molar-refractivity contribution is 5.58. The van der Waals surface area contributed by atoms with Gasteiger partial charge < -0.3 is 14.6 Å². The molecule has 1 aliphatic rings. The van der Waals surface area contributed by atoms with E-state index in [1.165, 1.54) is 0 Å². The van der Waals surface area contributed by atoms with Crippen LogP contribution in [0.2, 0.25) is 0 Å². The predicted octanol–water partition coefficient (Wildman–Crippen LogP) is 1.62. The summed E-state index contributed by atoms with van der Waals surface area (Å²) in [5, 5.41) is 19.4. The van der Waals surface area contributed by atoms with Crippen molar-refractivity contribution in [1.82, 2.24) is 0 Å². The summed E-state index contributed by atoms with van der Waals surface area (Å²) < 4.78 is 33.0. The number of nitro benzene ring substituents is 1. The molecule has 1 heterocycles. The fourth-order valence-electron chi connectivity index (χ4n) is 1.12. The Morgan fingerprint density at radius 3 is 2.40 bits per heavy atom. The largest absolute Gasteiger partial charge is 0.586 e. The first-order valence-electron chi connectivity index (χ1n) is 3.66. The van der Waals surface area contributed by atoms with Gasteiger partial charge >= 0.3 is 12.0 Å². The molecule has 1 aromatic carbocycles. The Labute approximate surface area is 80.8 Å². The van der Waals surface area contributed by atoms with E-state index in [1.54, 1.807) is 0 Å². The van der Waals surface area contributed by atoms with Crippen molar-refractivity contribution in [2.24, 2.45) is 0 Å². The number of fused-ring (bicyclic) bond motifs is 1. The van der Waals surface area contributed by atoms with Gasteiger partial charge in [-0.1, -0.05) is 0 Å². The summed E-state index contributed by atoms with van der Waals surface area (Å²) in [4.78, 5) is 9.42. The number of halogens is 2. The molecular formula is C7H3F2NO5. The van der Waals surface area contributed by atoms with Crippen LogP contribution in [-0.2, 0) is 0 Å². The molecule has 0 saturated carbocycles. The van der Waals surface area contributed by atoms with E-state index in [2.05, 4.69) is 9.47 Å². The molecule has 2 rings (SSSR count). The van der Waals surface area contributed by atoms with Crippen LogP contribution in [0.5, 0.6) is 17.2 Å². The average molecular weight is 219 g/mol. The SMILES string of the molecule is O=[N+]([O-])c1cc2c(cc1O)OC(F)(F)O2. The van der Waals surface area contributed by atoms with Gasteiger partial charge in [0.25, 0.3) is 0 Å². The molecule has 15 heavy (non-hydrogen) atoms. The lowest BCUT2D eigenvalue weighted by Crippen LogP contribution is -2.25. The lowest BCUT2D eigenvalue weighted by molar-refractivity contribution is -0.386. The third-order valence-electron chi connectivity index (χ3n) is 1.70. The highest BCUT2D eigenvalue weighted by Crippen LogP contribution is 2.46. The van der Waals surface area contributed by atoms with Crippen molar-refractivity contribution >= 4 is 5.69 Å². The first kappa shape index (κ1) is 9.44. The van der Waals surface area contributed by atoms with Crippen molar-refractivity contribution in [2.75, 3.05) is 0 Å². The van der Waals surface area contributed by atoms with Gasteiger partial charge in [-0.2, -0.15) is 0 Å². The van der Waals surface area contributed by atoms with Crippen molar-refractivity contribution in [1.29, 1.82) is 0 Å². The van der Waals surface area contributed by atoms with Crippen LogP contribution in [-0.4, -0.2) is 16.3 Å². The number of rotatable bonds is 1. The van der Waals surface area contributed by atoms with Gasteiger partial charge in [0.1, 0.15) is 0 Å². The molecule has 8 heteroatoms. The topological polar surface area (TPSA) is 81.8 Å². The van der Waals surface area contributed by atoms with Crippen LogP contribution >= 0.6 is 0 Å². The number of benzene rings is 1. The number of phenolic OH excluding ortho intramolecular Hbond substituents is 1. The van der Waals surface area contributed by atoms with E-state index in [0.717, 1.165) is 0 Å². The molecule has 0 saturated heterocycles. The van der Waals surface area contributed by atoms with Crippen molar-refractivity contribution in [3.05, 3.63) is 22.2 Å². The minimum absolute atomic E-state index is 0.442. The second-order valence-electron chi connectivity index (χ2n) is 2.71. The second kappa shape index (κ2) is 2.69. The van der Waals surface area contributed by atoms with Crippen LogP contribution < -0.4 is 9.47 Å². The third kappa shape index (κ3) is 1.49. The monoisotopic (exact) mass is 219 g/mol. The molecule has 0 atom stereocenters. The normalized spacial score (nSPS) is 16.4. The van der Waals surface area contributed by atoms with Gasteiger partial charge in [0.15, 0.2) is 17.2 Å². The number of nitro groups is 1. The average Bonchev–Trinajstić information content (AvgIpc) is 2.36. The molecule has 1 aliphatic heterocycles. The number of ether oxygens (including phenoxy) is 2. The molecule has 1 N–H and O–H groups in total. The molecule has 0 amide bonds. The van der Waals surface area contributed by atoms with E-state index < -0.39 is 34.2 Å². The third-order valence-corrected chi connectivity index (χ3v) is 1.70. The molecule has 0 radical (unpaired) electrons. The zero-order chi connectivity index (χ0) is 11.2. The molecule has 0 unspecified atom stereocenters. The second-order valence-corrected chi connectivity index (χ2v) is 2.71. The molecule has 0 aromatic heterocycles. The number of hydrogen-bond acceptors (Lipinski definition) is 5. The Hall–Kier alpha value is -2.12. The van der Waals surface area contributed by atoms with Crippen molar-refractivity contribution in [3.8, 4) is 17.2 Å². The Balaban J connectivity index is 2.50. The van der Waals surface area contributed by atoms with Crippen molar-refractivity contribution < 1.29 is 28.3 Å². The Bertz CT molecular complexity index is 447. The molecule has 0 fully saturated rings. The highest BCUT2D eigenvalue weighted by atomic mass is 19.3. The summed E-state index contributed by atoms with van der Waals surface area (Å²) in [7, 11) is 0. The fraction of sp³-hybridized carbons (Fsp3) is 0.143. The van der Waals surface area contributed by atoms with Crippen LogP contribution in [0, 0.1) is 10.1 Å². The fourth-order valence-corrected chi connectivity index (χ4v) is 1.12. The number of aromatic hydroxyl groups is 1. The van der Waals surface area contributed by atoms with Crippen LogP contribution in [0.25, 0.3) is 0 Å². The summed E-state index contributed by atoms with van der Waals surface area (Å²) in [6.07, 6.45) is -3.86. The Morgan fingerprint density at radius 2 is 1.87 bits per heavy atom. The lowest BCUT2D eigenvalue weighted by atomic mass is 10.2. The molecule has 1 aromatic rings. The summed E-state index contributed by atoms with van der Waals surface area (Å²) in [5.41, 5.74) is -0.727. The van der Waals surface area contributed by atoms with Gasteiger partial charge in [0.05, 0.1) is 11.0 Å². The summed E-state index contributed by atoms with van der Waals surface area (Å²) in [5.74, 6) is -1.69. The number of phenols is 1. The lowest BCUT2D eigenvalue weighted by Gasteiger charge is -2.04. The number of alkyl halides is 2. The molecular weight excluding hydrogens is 216 g/mol. The van der Waals surface area contributed by atoms with E-state index in [1.807, 2.05) is 0 Å². The quantitative estimate of drug-likeness (QED) is 0.573. The van der Waals surface area contributed by atoms with E-state index in [-0.39, 0.29) is 0 Å². The summed E-state index contributed by atoms with van der Waals surface area (Å²) in [6, 6.07) is 1.37. The minimum atomic E-state index is -3.86. The number of nitrogens with zero attached hydrogens (tertiary/aromatic N) is 1. The zero-order valence-corrected chi connectivity index (χ0v) is 6.94. The van der Waals surface area contributed by atoms with Crippen LogP contribution in [0.15, 0.2) is 12.1 Å². The zero-order valence-electron chi connectivity index (χ0n) is 6.94. The van der Waals surface area contributed by atoms with E-state index in [9.17, 15) is 18.9 Å². The molecule has 80 valence electrons. The van der Waals surface area contributed by atoms with E-state index in [4.69, 9.17) is 5.11 Å². The van der Waals surface area contributed by atoms with Crippen LogP contribution in [0.1, 0.15) is 0 Å². The maximum Gasteiger partial charge on any atom is 0.586 e. The van der Waals surface area contributed by atoms with Crippen molar-refractivity contribution in [3.63, 3.8) is 0 Å². The maximum atomic E-state index is 12.5. The van der Waals surface area contributed by atoms with Gasteiger partial charge in [0.2, 0.25) is 0 Å². The van der Waals surface area contributed by atoms with Gasteiger partial charge in [-0.25, -0.2) is 0 Å². The maximum absolute atomic E-state index is 12.5. The minimum Gasteiger partial charge on any atom is -0.502 e. The summed E-state index contributed by atoms with van der Waals surface area (Å²) >= 11 is 0. The summed E-state index contributed by atoms with van der Waals surface area (Å²) in [6.45, 7) is 0. The predicted molar refractivity (Wildman–Crippen MR) is 41.0 cm³/mol. The van der Waals surface area contributed by atoms with E-state index >= 15 is 0 Å². The first-order valence-corrected chi connectivity index (χ1v) is 3.66. The molecule has 0 bridgehead atoms. The molecule has 0 aliphatic carbocycles. The van der Waals surface area contributed by atoms with Crippen molar-refractivity contribution in [2.45, 2.75) is 6.29 Å². The van der Waals surface area contributed by atoms with Crippen LogP contribution in [0.3, 0.4) is 0 Å². The van der Waals surface area contributed by atoms with Crippen LogP contribution in [0.4, 0.5) is 14.5 Å². The number of hydrogen-bond donors (Lipinski definition) is 1.